The predicted octanol–water partition coefficient (Wildman–Crippen LogP) is 4.21. The molecule has 8 heteroatoms. The van der Waals surface area contributed by atoms with Crippen LogP contribution in [0.2, 0.25) is 0 Å². The lowest BCUT2D eigenvalue weighted by molar-refractivity contribution is 0.0746. The van der Waals surface area contributed by atoms with Gasteiger partial charge >= 0.3 is 0 Å². The fourth-order valence-corrected chi connectivity index (χ4v) is 6.12. The molecule has 0 unspecified atom stereocenters. The van der Waals surface area contributed by atoms with Crippen molar-refractivity contribution in [3.63, 3.8) is 0 Å². The van der Waals surface area contributed by atoms with Gasteiger partial charge in [-0.25, -0.2) is 9.97 Å². The number of aryl methyl sites for hydroxylation is 2. The average molecular weight is 472 g/mol. The third-order valence-electron chi connectivity index (χ3n) is 6.67. The van der Waals surface area contributed by atoms with Crippen LogP contribution in [-0.2, 0) is 12.8 Å². The minimum Gasteiger partial charge on any atom is -0.497 e. The van der Waals surface area contributed by atoms with E-state index in [4.69, 9.17) is 14.7 Å². The van der Waals surface area contributed by atoms with E-state index in [1.54, 1.807) is 24.6 Å². The number of rotatable bonds is 4. The number of carbonyl (C=O) groups excluding carboxylic acids is 1. The van der Waals surface area contributed by atoms with Crippen LogP contribution in [0.25, 0.3) is 21.6 Å². The van der Waals surface area contributed by atoms with Gasteiger partial charge in [-0.3, -0.25) is 9.78 Å². The number of carbonyl (C=O) groups is 1. The summed E-state index contributed by atoms with van der Waals surface area (Å²) in [5.74, 6) is 2.52. The highest BCUT2D eigenvalue weighted by Crippen LogP contribution is 2.41. The molecule has 1 amide bonds. The van der Waals surface area contributed by atoms with Crippen LogP contribution in [0, 0.1) is 0 Å². The molecule has 0 spiro atoms. The number of fused-ring (bicyclic) bond motifs is 3. The van der Waals surface area contributed by atoms with E-state index >= 15 is 0 Å². The fraction of sp³-hybridized carbons (Fsp3) is 0.308. The zero-order valence-corrected chi connectivity index (χ0v) is 19.8. The second kappa shape index (κ2) is 8.68. The van der Waals surface area contributed by atoms with Crippen molar-refractivity contribution in [1.29, 1.82) is 0 Å². The molecule has 3 aromatic heterocycles. The molecule has 0 N–H and O–H groups in total. The maximum absolute atomic E-state index is 13.0. The highest BCUT2D eigenvalue weighted by Gasteiger charge is 2.28. The van der Waals surface area contributed by atoms with Crippen LogP contribution in [0.3, 0.4) is 0 Å². The number of anilines is 1. The SMILES string of the molecule is COc1ccc(C(=O)N2CCN(c3nc(-c4cccnc4)nc4sc5c(c34)CCC5)CC2)cc1. The Labute approximate surface area is 202 Å². The van der Waals surface area contributed by atoms with Crippen LogP contribution < -0.4 is 9.64 Å². The summed E-state index contributed by atoms with van der Waals surface area (Å²) in [6.07, 6.45) is 7.00. The Hall–Kier alpha value is -3.52. The molecule has 1 aliphatic carbocycles. The average Bonchev–Trinajstić information content (AvgIpc) is 3.50. The fourth-order valence-electron chi connectivity index (χ4n) is 4.87. The van der Waals surface area contributed by atoms with Gasteiger partial charge in [-0.05, 0) is 61.2 Å². The van der Waals surface area contributed by atoms with Gasteiger partial charge < -0.3 is 14.5 Å². The highest BCUT2D eigenvalue weighted by atomic mass is 32.1. The Morgan fingerprint density at radius 1 is 1.03 bits per heavy atom. The standard InChI is InChI=1S/C26H25N5O2S/c1-33-19-9-7-17(8-10-19)26(32)31-14-12-30(13-15-31)24-22-20-5-2-6-21(20)34-25(22)29-23(28-24)18-4-3-11-27-16-18/h3-4,7-11,16H,2,5-6,12-15H2,1H3. The Balaban J connectivity index is 1.30. The molecule has 7 nitrogen and oxygen atoms in total. The first-order valence-electron chi connectivity index (χ1n) is 11.6. The number of methoxy groups -OCH3 is 1. The van der Waals surface area contributed by atoms with Gasteiger partial charge in [-0.1, -0.05) is 0 Å². The smallest absolute Gasteiger partial charge is 0.253 e. The number of benzene rings is 1. The molecule has 4 aromatic rings. The predicted molar refractivity (Wildman–Crippen MR) is 134 cm³/mol. The maximum Gasteiger partial charge on any atom is 0.253 e. The first-order chi connectivity index (χ1) is 16.7. The summed E-state index contributed by atoms with van der Waals surface area (Å²) >= 11 is 1.81. The zero-order chi connectivity index (χ0) is 23.1. The largest absolute Gasteiger partial charge is 0.497 e. The first kappa shape index (κ1) is 21.0. The summed E-state index contributed by atoms with van der Waals surface area (Å²) in [7, 11) is 1.63. The van der Waals surface area contributed by atoms with Crippen LogP contribution in [0.1, 0.15) is 27.2 Å². The molecule has 0 bridgehead atoms. The van der Waals surface area contributed by atoms with E-state index in [1.165, 1.54) is 22.2 Å². The normalized spacial score (nSPS) is 15.6. The van der Waals surface area contributed by atoms with Crippen molar-refractivity contribution in [2.24, 2.45) is 0 Å². The summed E-state index contributed by atoms with van der Waals surface area (Å²) in [6, 6.07) is 11.2. The third kappa shape index (κ3) is 3.68. The Morgan fingerprint density at radius 2 is 1.85 bits per heavy atom. The van der Waals surface area contributed by atoms with Gasteiger partial charge in [-0.15, -0.1) is 11.3 Å². The van der Waals surface area contributed by atoms with Gasteiger partial charge in [0.2, 0.25) is 0 Å². The minimum absolute atomic E-state index is 0.0580. The molecule has 6 rings (SSSR count). The first-order valence-corrected chi connectivity index (χ1v) is 12.4. The summed E-state index contributed by atoms with van der Waals surface area (Å²) in [5, 5.41) is 1.21. The summed E-state index contributed by atoms with van der Waals surface area (Å²) in [5.41, 5.74) is 3.03. The van der Waals surface area contributed by atoms with Crippen molar-refractivity contribution >= 4 is 33.3 Å². The summed E-state index contributed by atoms with van der Waals surface area (Å²) < 4.78 is 5.21. The number of hydrogen-bond acceptors (Lipinski definition) is 7. The molecule has 0 atom stereocenters. The molecular weight excluding hydrogens is 446 g/mol. The number of amides is 1. The molecule has 4 heterocycles. The van der Waals surface area contributed by atoms with Gasteiger partial charge in [0.25, 0.3) is 5.91 Å². The van der Waals surface area contributed by atoms with Gasteiger partial charge in [0.05, 0.1) is 12.5 Å². The number of piperazine rings is 1. The van der Waals surface area contributed by atoms with E-state index < -0.39 is 0 Å². The highest BCUT2D eigenvalue weighted by molar-refractivity contribution is 7.19. The summed E-state index contributed by atoms with van der Waals surface area (Å²) in [6.45, 7) is 2.80. The number of aromatic nitrogens is 3. The van der Waals surface area contributed by atoms with E-state index in [1.807, 2.05) is 47.5 Å². The Bertz CT molecular complexity index is 1350. The van der Waals surface area contributed by atoms with E-state index in [9.17, 15) is 4.79 Å². The molecule has 1 saturated heterocycles. The molecule has 172 valence electrons. The molecule has 0 radical (unpaired) electrons. The van der Waals surface area contributed by atoms with Crippen molar-refractivity contribution in [3.05, 3.63) is 64.8 Å². The summed E-state index contributed by atoms with van der Waals surface area (Å²) in [4.78, 5) is 34.0. The van der Waals surface area contributed by atoms with E-state index in [0.29, 0.717) is 24.5 Å². The monoisotopic (exact) mass is 471 g/mol. The van der Waals surface area contributed by atoms with Crippen molar-refractivity contribution in [3.8, 4) is 17.1 Å². The van der Waals surface area contributed by atoms with Gasteiger partial charge in [0, 0.05) is 54.6 Å². The van der Waals surface area contributed by atoms with Crippen LogP contribution in [0.15, 0.2) is 48.8 Å². The van der Waals surface area contributed by atoms with Gasteiger partial charge in [0.15, 0.2) is 5.82 Å². The second-order valence-electron chi connectivity index (χ2n) is 8.66. The number of thiophene rings is 1. The third-order valence-corrected chi connectivity index (χ3v) is 7.85. The lowest BCUT2D eigenvalue weighted by atomic mass is 10.1. The van der Waals surface area contributed by atoms with Crippen molar-refractivity contribution in [2.75, 3.05) is 38.2 Å². The number of ether oxygens (including phenoxy) is 1. The molecular formula is C26H25N5O2S. The lowest BCUT2D eigenvalue weighted by Gasteiger charge is -2.36. The van der Waals surface area contributed by atoms with Gasteiger partial charge in [0.1, 0.15) is 16.4 Å². The molecule has 0 saturated carbocycles. The number of nitrogens with zero attached hydrogens (tertiary/aromatic N) is 5. The zero-order valence-electron chi connectivity index (χ0n) is 19.0. The van der Waals surface area contributed by atoms with Crippen LogP contribution in [0.5, 0.6) is 5.75 Å². The van der Waals surface area contributed by atoms with Crippen LogP contribution in [0.4, 0.5) is 5.82 Å². The Kier molecular flexibility index (Phi) is 5.37. The topological polar surface area (TPSA) is 71.5 Å². The van der Waals surface area contributed by atoms with E-state index in [2.05, 4.69) is 9.88 Å². The Morgan fingerprint density at radius 3 is 2.59 bits per heavy atom. The van der Waals surface area contributed by atoms with Crippen molar-refractivity contribution < 1.29 is 9.53 Å². The number of hydrogen-bond donors (Lipinski definition) is 0. The molecule has 1 aliphatic heterocycles. The van der Waals surface area contributed by atoms with Crippen LogP contribution in [-0.4, -0.2) is 59.0 Å². The lowest BCUT2D eigenvalue weighted by Crippen LogP contribution is -2.49. The van der Waals surface area contributed by atoms with Crippen molar-refractivity contribution in [2.45, 2.75) is 19.3 Å². The maximum atomic E-state index is 13.0. The van der Waals surface area contributed by atoms with Crippen molar-refractivity contribution in [1.82, 2.24) is 19.9 Å². The molecule has 1 aromatic carbocycles. The van der Waals surface area contributed by atoms with E-state index in [0.717, 1.165) is 47.9 Å². The van der Waals surface area contributed by atoms with Crippen LogP contribution >= 0.6 is 11.3 Å². The van der Waals surface area contributed by atoms with Gasteiger partial charge in [-0.2, -0.15) is 0 Å². The quantitative estimate of drug-likeness (QED) is 0.444. The minimum atomic E-state index is 0.0580. The second-order valence-corrected chi connectivity index (χ2v) is 9.74. The molecule has 34 heavy (non-hydrogen) atoms. The molecule has 1 fully saturated rings. The van der Waals surface area contributed by atoms with E-state index in [-0.39, 0.29) is 5.91 Å². The molecule has 2 aliphatic rings. The number of pyridine rings is 1.